The van der Waals surface area contributed by atoms with Gasteiger partial charge < -0.3 is 9.64 Å². The molecule has 0 aliphatic rings. The lowest BCUT2D eigenvalue weighted by Crippen LogP contribution is -2.15. The van der Waals surface area contributed by atoms with Gasteiger partial charge in [0.1, 0.15) is 5.75 Å². The zero-order valence-electron chi connectivity index (χ0n) is 10.7. The van der Waals surface area contributed by atoms with Crippen LogP contribution in [-0.2, 0) is 6.42 Å². The van der Waals surface area contributed by atoms with Crippen molar-refractivity contribution in [3.63, 3.8) is 0 Å². The van der Waals surface area contributed by atoms with Crippen LogP contribution in [0.2, 0.25) is 0 Å². The van der Waals surface area contributed by atoms with Crippen molar-refractivity contribution in [2.24, 2.45) is 0 Å². The molecular weight excluding hydrogens is 198 g/mol. The zero-order valence-corrected chi connectivity index (χ0v) is 10.7. The highest BCUT2D eigenvalue weighted by Gasteiger charge is 2.02. The second-order valence-electron chi connectivity index (χ2n) is 4.36. The maximum atomic E-state index is 5.79. The van der Waals surface area contributed by atoms with Crippen LogP contribution in [0.15, 0.2) is 24.3 Å². The van der Waals surface area contributed by atoms with Gasteiger partial charge in [0, 0.05) is 6.54 Å². The number of rotatable bonds is 7. The first kappa shape index (κ1) is 13.0. The highest BCUT2D eigenvalue weighted by molar-refractivity contribution is 5.33. The monoisotopic (exact) mass is 221 g/mol. The first-order chi connectivity index (χ1) is 7.74. The summed E-state index contributed by atoms with van der Waals surface area (Å²) in [5.41, 5.74) is 1.31. The largest absolute Gasteiger partial charge is 0.493 e. The Morgan fingerprint density at radius 2 is 1.94 bits per heavy atom. The molecule has 90 valence electrons. The van der Waals surface area contributed by atoms with Gasteiger partial charge in [-0.1, -0.05) is 31.5 Å². The van der Waals surface area contributed by atoms with Crippen LogP contribution in [0.4, 0.5) is 0 Å². The Kier molecular flexibility index (Phi) is 5.94. The van der Waals surface area contributed by atoms with Gasteiger partial charge in [-0.2, -0.15) is 0 Å². The summed E-state index contributed by atoms with van der Waals surface area (Å²) >= 11 is 0. The molecule has 16 heavy (non-hydrogen) atoms. The average Bonchev–Trinajstić information content (AvgIpc) is 2.28. The smallest absolute Gasteiger partial charge is 0.122 e. The highest BCUT2D eigenvalue weighted by atomic mass is 16.5. The van der Waals surface area contributed by atoms with Crippen LogP contribution in [0, 0.1) is 0 Å². The number of benzene rings is 1. The lowest BCUT2D eigenvalue weighted by molar-refractivity contribution is 0.304. The Bertz CT molecular complexity index is 297. The topological polar surface area (TPSA) is 12.5 Å². The second-order valence-corrected chi connectivity index (χ2v) is 4.36. The summed E-state index contributed by atoms with van der Waals surface area (Å²) in [5.74, 6) is 1.05. The summed E-state index contributed by atoms with van der Waals surface area (Å²) in [5, 5.41) is 0. The maximum Gasteiger partial charge on any atom is 0.122 e. The number of ether oxygens (including phenoxy) is 1. The lowest BCUT2D eigenvalue weighted by Gasteiger charge is -2.13. The number of unbranched alkanes of at least 4 members (excludes halogenated alkanes) is 1. The van der Waals surface area contributed by atoms with Crippen molar-refractivity contribution < 1.29 is 4.74 Å². The molecule has 0 amide bonds. The summed E-state index contributed by atoms with van der Waals surface area (Å²) in [7, 11) is 4.20. The molecule has 0 saturated heterocycles. The molecule has 0 radical (unpaired) electrons. The Morgan fingerprint density at radius 3 is 2.62 bits per heavy atom. The Morgan fingerprint density at radius 1 is 1.19 bits per heavy atom. The van der Waals surface area contributed by atoms with E-state index in [1.165, 1.54) is 12.0 Å². The molecular formula is C14H23NO. The highest BCUT2D eigenvalue weighted by Crippen LogP contribution is 2.18. The molecule has 0 heterocycles. The second kappa shape index (κ2) is 7.29. The number of hydrogen-bond acceptors (Lipinski definition) is 2. The van der Waals surface area contributed by atoms with Gasteiger partial charge in [0.05, 0.1) is 6.61 Å². The van der Waals surface area contributed by atoms with E-state index in [1.54, 1.807) is 0 Å². The number of likely N-dealkylation sites (N-methyl/N-ethyl adjacent to an activating group) is 1. The molecule has 0 spiro atoms. The van der Waals surface area contributed by atoms with Gasteiger partial charge in [-0.25, -0.2) is 0 Å². The minimum Gasteiger partial charge on any atom is -0.493 e. The summed E-state index contributed by atoms with van der Waals surface area (Å²) in [4.78, 5) is 2.20. The van der Waals surface area contributed by atoms with E-state index in [0.717, 1.165) is 31.7 Å². The van der Waals surface area contributed by atoms with Crippen molar-refractivity contribution >= 4 is 0 Å². The fraction of sp³-hybridized carbons (Fsp3) is 0.571. The van der Waals surface area contributed by atoms with Gasteiger partial charge in [0.2, 0.25) is 0 Å². The molecule has 0 saturated carbocycles. The Balaban J connectivity index is 2.53. The van der Waals surface area contributed by atoms with Crippen LogP contribution < -0.4 is 4.74 Å². The van der Waals surface area contributed by atoms with Crippen LogP contribution in [0.1, 0.15) is 25.3 Å². The zero-order chi connectivity index (χ0) is 11.8. The van der Waals surface area contributed by atoms with Gasteiger partial charge >= 0.3 is 0 Å². The van der Waals surface area contributed by atoms with E-state index in [4.69, 9.17) is 4.74 Å². The standard InChI is InChI=1S/C14H23NO/c1-4-5-12-16-14-9-7-6-8-13(14)10-11-15(2)3/h6-9H,4-5,10-12H2,1-3H3. The Hall–Kier alpha value is -1.02. The molecule has 2 nitrogen and oxygen atoms in total. The summed E-state index contributed by atoms with van der Waals surface area (Å²) in [6, 6.07) is 8.35. The van der Waals surface area contributed by atoms with Crippen LogP contribution in [0.25, 0.3) is 0 Å². The van der Waals surface area contributed by atoms with Crippen molar-refractivity contribution in [1.29, 1.82) is 0 Å². The van der Waals surface area contributed by atoms with E-state index in [1.807, 2.05) is 6.07 Å². The predicted octanol–water partition coefficient (Wildman–Crippen LogP) is 2.97. The van der Waals surface area contributed by atoms with Crippen molar-refractivity contribution in [2.75, 3.05) is 27.2 Å². The minimum absolute atomic E-state index is 0.829. The van der Waals surface area contributed by atoms with Crippen molar-refractivity contribution in [3.05, 3.63) is 29.8 Å². The molecule has 0 aliphatic heterocycles. The van der Waals surface area contributed by atoms with E-state index in [9.17, 15) is 0 Å². The number of para-hydroxylation sites is 1. The minimum atomic E-state index is 0.829. The van der Waals surface area contributed by atoms with Gasteiger partial charge in [-0.05, 0) is 38.6 Å². The SMILES string of the molecule is CCCCOc1ccccc1CCN(C)C. The normalized spacial score (nSPS) is 10.8. The van der Waals surface area contributed by atoms with Gasteiger partial charge in [0.25, 0.3) is 0 Å². The van der Waals surface area contributed by atoms with Crippen LogP contribution >= 0.6 is 0 Å². The van der Waals surface area contributed by atoms with E-state index in [0.29, 0.717) is 0 Å². The molecule has 0 N–H and O–H groups in total. The Labute approximate surface area is 99.2 Å². The van der Waals surface area contributed by atoms with Gasteiger partial charge in [-0.15, -0.1) is 0 Å². The maximum absolute atomic E-state index is 5.79. The van der Waals surface area contributed by atoms with Gasteiger partial charge in [0.15, 0.2) is 0 Å². The van der Waals surface area contributed by atoms with E-state index in [-0.39, 0.29) is 0 Å². The van der Waals surface area contributed by atoms with Crippen LogP contribution in [0.5, 0.6) is 5.75 Å². The number of hydrogen-bond donors (Lipinski definition) is 0. The van der Waals surface area contributed by atoms with Gasteiger partial charge in [-0.3, -0.25) is 0 Å². The fourth-order valence-electron chi connectivity index (χ4n) is 1.52. The molecule has 1 rings (SSSR count). The molecule has 0 fully saturated rings. The van der Waals surface area contributed by atoms with Crippen molar-refractivity contribution in [3.8, 4) is 5.75 Å². The third-order valence-corrected chi connectivity index (χ3v) is 2.56. The first-order valence-electron chi connectivity index (χ1n) is 6.09. The average molecular weight is 221 g/mol. The molecule has 0 bridgehead atoms. The van der Waals surface area contributed by atoms with Crippen LogP contribution in [0.3, 0.4) is 0 Å². The quantitative estimate of drug-likeness (QED) is 0.656. The molecule has 2 heteroatoms. The van der Waals surface area contributed by atoms with E-state index < -0.39 is 0 Å². The summed E-state index contributed by atoms with van der Waals surface area (Å²) < 4.78 is 5.79. The molecule has 0 unspecified atom stereocenters. The molecule has 1 aromatic carbocycles. The third kappa shape index (κ3) is 4.67. The lowest BCUT2D eigenvalue weighted by atomic mass is 10.1. The molecule has 0 aromatic heterocycles. The van der Waals surface area contributed by atoms with Crippen molar-refractivity contribution in [2.45, 2.75) is 26.2 Å². The molecule has 0 aliphatic carbocycles. The predicted molar refractivity (Wildman–Crippen MR) is 69.1 cm³/mol. The molecule has 0 atom stereocenters. The van der Waals surface area contributed by atoms with E-state index >= 15 is 0 Å². The van der Waals surface area contributed by atoms with Crippen molar-refractivity contribution in [1.82, 2.24) is 4.90 Å². The van der Waals surface area contributed by atoms with E-state index in [2.05, 4.69) is 44.1 Å². The summed E-state index contributed by atoms with van der Waals surface area (Å²) in [6.07, 6.45) is 3.36. The number of nitrogens with zero attached hydrogens (tertiary/aromatic N) is 1. The molecule has 1 aromatic rings. The first-order valence-corrected chi connectivity index (χ1v) is 6.09. The van der Waals surface area contributed by atoms with Crippen LogP contribution in [-0.4, -0.2) is 32.1 Å². The fourth-order valence-corrected chi connectivity index (χ4v) is 1.52. The summed E-state index contributed by atoms with van der Waals surface area (Å²) in [6.45, 7) is 4.07. The third-order valence-electron chi connectivity index (χ3n) is 2.56.